The molecule has 5 rings (SSSR count). The van der Waals surface area contributed by atoms with Gasteiger partial charge in [-0.1, -0.05) is 12.1 Å². The Morgan fingerprint density at radius 1 is 1.03 bits per heavy atom. The van der Waals surface area contributed by atoms with E-state index < -0.39 is 0 Å². The van der Waals surface area contributed by atoms with E-state index in [9.17, 15) is 0 Å². The summed E-state index contributed by atoms with van der Waals surface area (Å²) in [4.78, 5) is 16.0. The van der Waals surface area contributed by atoms with Crippen LogP contribution in [0.15, 0.2) is 48.9 Å². The van der Waals surface area contributed by atoms with Crippen LogP contribution in [0.25, 0.3) is 33.4 Å². The molecule has 1 fully saturated rings. The molecule has 1 aliphatic heterocycles. The third-order valence-electron chi connectivity index (χ3n) is 5.89. The van der Waals surface area contributed by atoms with Gasteiger partial charge in [-0.05, 0) is 31.0 Å². The molecule has 2 aromatic carbocycles. The van der Waals surface area contributed by atoms with Gasteiger partial charge in [-0.25, -0.2) is 19.3 Å². The van der Waals surface area contributed by atoms with Crippen molar-refractivity contribution in [1.82, 2.24) is 19.5 Å². The number of hydrogen-bond donors (Lipinski definition) is 2. The van der Waals surface area contributed by atoms with Crippen molar-refractivity contribution in [2.75, 3.05) is 23.7 Å². The van der Waals surface area contributed by atoms with Crippen LogP contribution in [0.4, 0.5) is 16.0 Å². The van der Waals surface area contributed by atoms with E-state index in [1.54, 1.807) is 23.2 Å². The van der Waals surface area contributed by atoms with Crippen molar-refractivity contribution < 1.29 is 4.39 Å². The van der Waals surface area contributed by atoms with Gasteiger partial charge in [0, 0.05) is 60.8 Å². The maximum Gasteiger partial charge on any atom is 0.225 e. The summed E-state index contributed by atoms with van der Waals surface area (Å²) in [6, 6.07) is 10.9. The highest BCUT2D eigenvalue weighted by atomic mass is 19.1. The molecule has 0 spiro atoms. The van der Waals surface area contributed by atoms with Gasteiger partial charge >= 0.3 is 0 Å². The van der Waals surface area contributed by atoms with Gasteiger partial charge < -0.3 is 20.9 Å². The largest absolute Gasteiger partial charge is 0.399 e. The summed E-state index contributed by atoms with van der Waals surface area (Å²) < 4.78 is 17.0. The monoisotopic (exact) mass is 417 g/mol. The number of anilines is 2. The Morgan fingerprint density at radius 3 is 2.52 bits per heavy atom. The predicted octanol–water partition coefficient (Wildman–Crippen LogP) is 3.35. The van der Waals surface area contributed by atoms with Gasteiger partial charge in [0.2, 0.25) is 5.95 Å². The standard InChI is InChI=1S/C23H24FN7/c1-30-13-28-20-10-17(19(24)11-21(20)30)18-12-27-23(31-8-6-16(26)7-9-31)29-22(18)14-2-4-15(25)5-3-14/h2-5,10-13,16H,6-9,25-26H2,1H3. The molecule has 0 aliphatic carbocycles. The second-order valence-corrected chi connectivity index (χ2v) is 8.06. The molecule has 31 heavy (non-hydrogen) atoms. The van der Waals surface area contributed by atoms with Crippen LogP contribution in [-0.4, -0.2) is 38.7 Å². The van der Waals surface area contributed by atoms with Gasteiger partial charge in [-0.2, -0.15) is 0 Å². The molecule has 7 nitrogen and oxygen atoms in total. The topological polar surface area (TPSA) is 98.9 Å². The Hall–Kier alpha value is -3.52. The molecule has 1 saturated heterocycles. The summed E-state index contributed by atoms with van der Waals surface area (Å²) in [6.07, 6.45) is 5.17. The van der Waals surface area contributed by atoms with Crippen molar-refractivity contribution in [2.24, 2.45) is 12.8 Å². The molecule has 2 aromatic heterocycles. The van der Waals surface area contributed by atoms with Crippen molar-refractivity contribution in [1.29, 1.82) is 0 Å². The van der Waals surface area contributed by atoms with Gasteiger partial charge in [-0.15, -0.1) is 0 Å². The van der Waals surface area contributed by atoms with Crippen molar-refractivity contribution in [3.05, 3.63) is 54.7 Å². The number of nitrogens with zero attached hydrogens (tertiary/aromatic N) is 5. The van der Waals surface area contributed by atoms with Gasteiger partial charge in [0.1, 0.15) is 5.82 Å². The SMILES string of the molecule is Cn1cnc2cc(-c3cnc(N4CCC(N)CC4)nc3-c3ccc(N)cc3)c(F)cc21. The Kier molecular flexibility index (Phi) is 4.78. The van der Waals surface area contributed by atoms with Crippen LogP contribution in [0.1, 0.15) is 12.8 Å². The summed E-state index contributed by atoms with van der Waals surface area (Å²) in [5.41, 5.74) is 16.6. The van der Waals surface area contributed by atoms with E-state index in [0.29, 0.717) is 28.5 Å². The van der Waals surface area contributed by atoms with E-state index in [0.717, 1.165) is 42.5 Å². The fourth-order valence-corrected chi connectivity index (χ4v) is 4.04. The summed E-state index contributed by atoms with van der Waals surface area (Å²) >= 11 is 0. The smallest absolute Gasteiger partial charge is 0.225 e. The average molecular weight is 417 g/mol. The number of fused-ring (bicyclic) bond motifs is 1. The van der Waals surface area contributed by atoms with Crippen LogP contribution in [-0.2, 0) is 7.05 Å². The molecule has 0 saturated carbocycles. The summed E-state index contributed by atoms with van der Waals surface area (Å²) in [7, 11) is 1.84. The van der Waals surface area contributed by atoms with Crippen molar-refractivity contribution >= 4 is 22.7 Å². The number of halogens is 1. The summed E-state index contributed by atoms with van der Waals surface area (Å²) in [5, 5.41) is 0. The van der Waals surface area contributed by atoms with Gasteiger partial charge in [-0.3, -0.25) is 0 Å². The van der Waals surface area contributed by atoms with E-state index in [2.05, 4.69) is 14.9 Å². The number of piperidine rings is 1. The molecule has 3 heterocycles. The second kappa shape index (κ2) is 7.63. The van der Waals surface area contributed by atoms with Crippen LogP contribution in [0, 0.1) is 5.82 Å². The lowest BCUT2D eigenvalue weighted by atomic mass is 9.99. The molecule has 158 valence electrons. The zero-order valence-electron chi connectivity index (χ0n) is 17.3. The number of imidazole rings is 1. The number of nitrogens with two attached hydrogens (primary N) is 2. The van der Waals surface area contributed by atoms with Crippen LogP contribution >= 0.6 is 0 Å². The fourth-order valence-electron chi connectivity index (χ4n) is 4.04. The third kappa shape index (κ3) is 3.59. The highest BCUT2D eigenvalue weighted by molar-refractivity contribution is 5.87. The average Bonchev–Trinajstić information content (AvgIpc) is 3.13. The molecule has 0 radical (unpaired) electrons. The third-order valence-corrected chi connectivity index (χ3v) is 5.89. The minimum Gasteiger partial charge on any atom is -0.399 e. The quantitative estimate of drug-likeness (QED) is 0.496. The van der Waals surface area contributed by atoms with Crippen LogP contribution < -0.4 is 16.4 Å². The second-order valence-electron chi connectivity index (χ2n) is 8.06. The predicted molar refractivity (Wildman–Crippen MR) is 121 cm³/mol. The minimum atomic E-state index is -0.340. The zero-order chi connectivity index (χ0) is 21.5. The molecule has 0 amide bonds. The first kappa shape index (κ1) is 19.4. The number of benzene rings is 2. The fraction of sp³-hybridized carbons (Fsp3) is 0.261. The Morgan fingerprint density at radius 2 is 1.77 bits per heavy atom. The van der Waals surface area contributed by atoms with E-state index >= 15 is 4.39 Å². The first-order valence-electron chi connectivity index (χ1n) is 10.3. The van der Waals surface area contributed by atoms with E-state index in [4.69, 9.17) is 16.5 Å². The summed E-state index contributed by atoms with van der Waals surface area (Å²) in [6.45, 7) is 1.60. The van der Waals surface area contributed by atoms with E-state index in [-0.39, 0.29) is 11.9 Å². The molecule has 0 atom stereocenters. The minimum absolute atomic E-state index is 0.214. The molecule has 0 bridgehead atoms. The zero-order valence-corrected chi connectivity index (χ0v) is 17.3. The Labute approximate surface area is 179 Å². The maximum absolute atomic E-state index is 15.2. The first-order chi connectivity index (χ1) is 15.0. The number of hydrogen-bond acceptors (Lipinski definition) is 6. The Balaban J connectivity index is 1.66. The summed E-state index contributed by atoms with van der Waals surface area (Å²) in [5.74, 6) is 0.287. The number of aryl methyl sites for hydroxylation is 1. The van der Waals surface area contributed by atoms with Crippen molar-refractivity contribution in [3.8, 4) is 22.4 Å². The molecule has 4 aromatic rings. The highest BCUT2D eigenvalue weighted by Crippen LogP contribution is 2.35. The van der Waals surface area contributed by atoms with Crippen molar-refractivity contribution in [2.45, 2.75) is 18.9 Å². The number of nitrogen functional groups attached to an aromatic ring is 1. The highest BCUT2D eigenvalue weighted by Gasteiger charge is 2.22. The maximum atomic E-state index is 15.2. The first-order valence-corrected chi connectivity index (χ1v) is 10.3. The van der Waals surface area contributed by atoms with E-state index in [1.165, 1.54) is 6.07 Å². The van der Waals surface area contributed by atoms with Gasteiger partial charge in [0.15, 0.2) is 0 Å². The van der Waals surface area contributed by atoms with Gasteiger partial charge in [0.05, 0.1) is 23.1 Å². The van der Waals surface area contributed by atoms with Gasteiger partial charge in [0.25, 0.3) is 0 Å². The number of rotatable bonds is 3. The van der Waals surface area contributed by atoms with Crippen LogP contribution in [0.5, 0.6) is 0 Å². The van der Waals surface area contributed by atoms with E-state index in [1.807, 2.05) is 31.3 Å². The molecular weight excluding hydrogens is 393 g/mol. The molecule has 4 N–H and O–H groups in total. The van der Waals surface area contributed by atoms with Crippen molar-refractivity contribution in [3.63, 3.8) is 0 Å². The lowest BCUT2D eigenvalue weighted by molar-refractivity contribution is 0.495. The molecule has 0 unspecified atom stereocenters. The normalized spacial score (nSPS) is 15.0. The lowest BCUT2D eigenvalue weighted by Crippen LogP contribution is -2.40. The molecule has 1 aliphatic rings. The number of aromatic nitrogens is 4. The van der Waals surface area contributed by atoms with Crippen LogP contribution in [0.3, 0.4) is 0 Å². The molecular formula is C23H24FN7. The molecule has 8 heteroatoms. The van der Waals surface area contributed by atoms with Crippen LogP contribution in [0.2, 0.25) is 0 Å². The Bertz CT molecular complexity index is 1240. The lowest BCUT2D eigenvalue weighted by Gasteiger charge is -2.30.